The first kappa shape index (κ1) is 12.9. The highest BCUT2D eigenvalue weighted by molar-refractivity contribution is 5.95. The van der Waals surface area contributed by atoms with Crippen molar-refractivity contribution in [2.45, 2.75) is 25.5 Å². The Morgan fingerprint density at radius 1 is 1.56 bits per heavy atom. The molecule has 2 atom stereocenters. The average Bonchev–Trinajstić information content (AvgIpc) is 2.81. The molecule has 1 aliphatic rings. The molecule has 0 radical (unpaired) electrons. The molecule has 1 heterocycles. The Morgan fingerprint density at radius 3 is 2.94 bits per heavy atom. The van der Waals surface area contributed by atoms with Crippen molar-refractivity contribution in [3.63, 3.8) is 0 Å². The Hall–Kier alpha value is -1.59. The monoisotopic (exact) mass is 250 g/mol. The molecule has 2 unspecified atom stereocenters. The Bertz CT molecular complexity index is 448. The molecule has 1 saturated heterocycles. The van der Waals surface area contributed by atoms with Crippen LogP contribution in [-0.2, 0) is 9.53 Å². The molecule has 1 aromatic rings. The van der Waals surface area contributed by atoms with Gasteiger partial charge in [0.2, 0.25) is 5.91 Å². The number of rotatable bonds is 3. The zero-order valence-corrected chi connectivity index (χ0v) is 10.6. The summed E-state index contributed by atoms with van der Waals surface area (Å²) in [7, 11) is 1.65. The molecule has 0 saturated carbocycles. The number of ether oxygens (including phenoxy) is 1. The van der Waals surface area contributed by atoms with Crippen molar-refractivity contribution in [3.8, 4) is 5.75 Å². The predicted molar refractivity (Wildman–Crippen MR) is 68.7 cm³/mol. The summed E-state index contributed by atoms with van der Waals surface area (Å²) in [6, 6.07) is 4.66. The number of amides is 1. The number of anilines is 1. The Morgan fingerprint density at radius 2 is 2.33 bits per heavy atom. The molecule has 1 fully saturated rings. The fourth-order valence-electron chi connectivity index (χ4n) is 2.09. The van der Waals surface area contributed by atoms with Crippen molar-refractivity contribution in [1.82, 2.24) is 5.32 Å². The molecule has 1 aliphatic heterocycles. The maximum Gasteiger partial charge on any atom is 0.241 e. The third kappa shape index (κ3) is 2.80. The summed E-state index contributed by atoms with van der Waals surface area (Å²) in [5.74, 6) is 0.132. The van der Waals surface area contributed by atoms with Crippen LogP contribution in [0, 0.1) is 6.92 Å². The number of nitrogens with one attached hydrogen (secondary N) is 2. The zero-order valence-electron chi connectivity index (χ0n) is 10.6. The lowest BCUT2D eigenvalue weighted by Crippen LogP contribution is -2.35. The molecule has 0 bridgehead atoms. The highest BCUT2D eigenvalue weighted by Crippen LogP contribution is 2.21. The lowest BCUT2D eigenvalue weighted by molar-refractivity contribution is -0.118. The fourth-order valence-corrected chi connectivity index (χ4v) is 2.09. The predicted octanol–water partition coefficient (Wildman–Crippen LogP) is 1.02. The zero-order chi connectivity index (χ0) is 13.1. The number of aryl methyl sites for hydroxylation is 1. The van der Waals surface area contributed by atoms with Crippen LogP contribution in [0.5, 0.6) is 5.75 Å². The second-order valence-corrected chi connectivity index (χ2v) is 4.54. The highest BCUT2D eigenvalue weighted by Gasteiger charge is 2.29. The summed E-state index contributed by atoms with van der Waals surface area (Å²) in [6.07, 6.45) is 0.779. The van der Waals surface area contributed by atoms with Gasteiger partial charge >= 0.3 is 0 Å². The van der Waals surface area contributed by atoms with E-state index in [1.165, 1.54) is 0 Å². The largest absolute Gasteiger partial charge is 0.508 e. The first-order valence-corrected chi connectivity index (χ1v) is 5.97. The van der Waals surface area contributed by atoms with Crippen LogP contribution in [0.15, 0.2) is 18.2 Å². The Kier molecular flexibility index (Phi) is 3.84. The third-order valence-corrected chi connectivity index (χ3v) is 3.21. The van der Waals surface area contributed by atoms with E-state index >= 15 is 0 Å². The van der Waals surface area contributed by atoms with Gasteiger partial charge in [-0.05, 0) is 37.1 Å². The molecule has 3 N–H and O–H groups in total. The number of hydrogen-bond donors (Lipinski definition) is 3. The number of carbonyl (C=O) groups is 1. The summed E-state index contributed by atoms with van der Waals surface area (Å²) in [5, 5.41) is 15.3. The van der Waals surface area contributed by atoms with Gasteiger partial charge in [-0.3, -0.25) is 4.79 Å². The number of methoxy groups -OCH3 is 1. The molecule has 0 aliphatic carbocycles. The molecule has 18 heavy (non-hydrogen) atoms. The summed E-state index contributed by atoms with van der Waals surface area (Å²) in [4.78, 5) is 12.0. The molecular weight excluding hydrogens is 232 g/mol. The molecular formula is C13H18N2O3. The maximum absolute atomic E-state index is 12.0. The van der Waals surface area contributed by atoms with Gasteiger partial charge in [-0.1, -0.05) is 0 Å². The van der Waals surface area contributed by atoms with E-state index in [0.717, 1.165) is 11.3 Å². The van der Waals surface area contributed by atoms with Crippen molar-refractivity contribution in [2.75, 3.05) is 19.0 Å². The number of carbonyl (C=O) groups excluding carboxylic acids is 1. The lowest BCUT2D eigenvalue weighted by Gasteiger charge is -2.13. The van der Waals surface area contributed by atoms with Crippen LogP contribution in [0.4, 0.5) is 5.69 Å². The molecule has 1 aromatic carbocycles. The molecule has 98 valence electrons. The van der Waals surface area contributed by atoms with Crippen molar-refractivity contribution in [3.05, 3.63) is 23.8 Å². The number of phenols is 1. The van der Waals surface area contributed by atoms with Crippen LogP contribution in [0.3, 0.4) is 0 Å². The summed E-state index contributed by atoms with van der Waals surface area (Å²) in [5.41, 5.74) is 1.56. The van der Waals surface area contributed by atoms with Gasteiger partial charge < -0.3 is 20.5 Å². The van der Waals surface area contributed by atoms with Gasteiger partial charge in [-0.15, -0.1) is 0 Å². The third-order valence-electron chi connectivity index (χ3n) is 3.21. The van der Waals surface area contributed by atoms with E-state index in [-0.39, 0.29) is 23.8 Å². The Labute approximate surface area is 106 Å². The van der Waals surface area contributed by atoms with Crippen molar-refractivity contribution >= 4 is 11.6 Å². The van der Waals surface area contributed by atoms with E-state index in [1.807, 2.05) is 6.92 Å². The second-order valence-electron chi connectivity index (χ2n) is 4.54. The quantitative estimate of drug-likeness (QED) is 0.700. The van der Waals surface area contributed by atoms with Gasteiger partial charge in [0.25, 0.3) is 0 Å². The summed E-state index contributed by atoms with van der Waals surface area (Å²) in [6.45, 7) is 2.54. The SMILES string of the molecule is COC1CNC(C(=O)Nc2ccc(O)cc2C)C1. The first-order chi connectivity index (χ1) is 8.60. The van der Waals surface area contributed by atoms with Gasteiger partial charge in [0, 0.05) is 19.3 Å². The number of hydrogen-bond acceptors (Lipinski definition) is 4. The van der Waals surface area contributed by atoms with Crippen molar-refractivity contribution in [2.24, 2.45) is 0 Å². The topological polar surface area (TPSA) is 70.6 Å². The van der Waals surface area contributed by atoms with E-state index in [9.17, 15) is 9.90 Å². The minimum absolute atomic E-state index is 0.0664. The highest BCUT2D eigenvalue weighted by atomic mass is 16.5. The number of aromatic hydroxyl groups is 1. The van der Waals surface area contributed by atoms with Crippen molar-refractivity contribution in [1.29, 1.82) is 0 Å². The standard InChI is InChI=1S/C13H18N2O3/c1-8-5-9(16)3-4-11(8)15-13(17)12-6-10(18-2)7-14-12/h3-5,10,12,14,16H,6-7H2,1-2H3,(H,15,17). The van der Waals surface area contributed by atoms with E-state index in [1.54, 1.807) is 25.3 Å². The Balaban J connectivity index is 1.99. The number of benzene rings is 1. The van der Waals surface area contributed by atoms with Crippen molar-refractivity contribution < 1.29 is 14.6 Å². The van der Waals surface area contributed by atoms with E-state index in [2.05, 4.69) is 10.6 Å². The lowest BCUT2D eigenvalue weighted by atomic mass is 10.1. The minimum Gasteiger partial charge on any atom is -0.508 e. The van der Waals surface area contributed by atoms with Crippen LogP contribution in [0.1, 0.15) is 12.0 Å². The summed E-state index contributed by atoms with van der Waals surface area (Å²) < 4.78 is 5.21. The van der Waals surface area contributed by atoms with Crippen LogP contribution in [-0.4, -0.2) is 36.8 Å². The van der Waals surface area contributed by atoms with Gasteiger partial charge in [0.1, 0.15) is 5.75 Å². The van der Waals surface area contributed by atoms with Crippen LogP contribution < -0.4 is 10.6 Å². The van der Waals surface area contributed by atoms with Gasteiger partial charge in [-0.2, -0.15) is 0 Å². The van der Waals surface area contributed by atoms with Gasteiger partial charge in [0.05, 0.1) is 12.1 Å². The smallest absolute Gasteiger partial charge is 0.241 e. The number of phenolic OH excluding ortho intramolecular Hbond substituents is 1. The normalized spacial score (nSPS) is 23.0. The first-order valence-electron chi connectivity index (χ1n) is 5.97. The molecule has 5 nitrogen and oxygen atoms in total. The fraction of sp³-hybridized carbons (Fsp3) is 0.462. The van der Waals surface area contributed by atoms with Crippen LogP contribution in [0.25, 0.3) is 0 Å². The molecule has 1 amide bonds. The van der Waals surface area contributed by atoms with Gasteiger partial charge in [0.15, 0.2) is 0 Å². The molecule has 0 aromatic heterocycles. The van der Waals surface area contributed by atoms with E-state index in [0.29, 0.717) is 13.0 Å². The molecule has 5 heteroatoms. The van der Waals surface area contributed by atoms with Crippen LogP contribution in [0.2, 0.25) is 0 Å². The maximum atomic E-state index is 12.0. The minimum atomic E-state index is -0.219. The average molecular weight is 250 g/mol. The van der Waals surface area contributed by atoms with Crippen LogP contribution >= 0.6 is 0 Å². The molecule has 2 rings (SSSR count). The molecule has 0 spiro atoms. The van der Waals surface area contributed by atoms with Gasteiger partial charge in [-0.25, -0.2) is 0 Å². The second kappa shape index (κ2) is 5.37. The van der Waals surface area contributed by atoms with E-state index in [4.69, 9.17) is 4.74 Å². The summed E-state index contributed by atoms with van der Waals surface area (Å²) >= 11 is 0. The van der Waals surface area contributed by atoms with E-state index < -0.39 is 0 Å².